The van der Waals surface area contributed by atoms with Crippen LogP contribution < -0.4 is 10.9 Å². The molecular weight excluding hydrogens is 396 g/mol. The third-order valence-corrected chi connectivity index (χ3v) is 6.57. The molecule has 7 heteroatoms. The molecule has 6 nitrogen and oxygen atoms in total. The smallest absolute Gasteiger partial charge is 0.262 e. The highest BCUT2D eigenvalue weighted by atomic mass is 32.2. The quantitative estimate of drug-likeness (QED) is 0.342. The number of amides is 1. The fourth-order valence-electron chi connectivity index (χ4n) is 3.00. The van der Waals surface area contributed by atoms with Crippen LogP contribution in [0.4, 0.5) is 0 Å². The summed E-state index contributed by atoms with van der Waals surface area (Å²) in [5.41, 5.74) is -0.384. The van der Waals surface area contributed by atoms with Crippen LogP contribution in [0, 0.1) is 17.2 Å². The molecule has 1 N–H and O–H groups in total. The molecule has 30 heavy (non-hydrogen) atoms. The van der Waals surface area contributed by atoms with Gasteiger partial charge in [0.25, 0.3) is 5.56 Å². The maximum absolute atomic E-state index is 13.1. The van der Waals surface area contributed by atoms with Crippen LogP contribution in [0.15, 0.2) is 34.2 Å². The molecule has 2 atom stereocenters. The molecule has 1 amide bonds. The van der Waals surface area contributed by atoms with E-state index in [1.807, 2.05) is 32.0 Å². The summed E-state index contributed by atoms with van der Waals surface area (Å²) in [6, 6.07) is 9.50. The minimum Gasteiger partial charge on any atom is -0.337 e. The molecule has 2 unspecified atom stereocenters. The summed E-state index contributed by atoms with van der Waals surface area (Å²) in [6.07, 6.45) is 4.18. The third-order valence-electron chi connectivity index (χ3n) is 5.48. The van der Waals surface area contributed by atoms with Gasteiger partial charge < -0.3 is 5.32 Å². The first-order valence-electron chi connectivity index (χ1n) is 10.6. The van der Waals surface area contributed by atoms with Gasteiger partial charge in [-0.2, -0.15) is 5.26 Å². The maximum atomic E-state index is 13.1. The number of carbonyl (C=O) groups is 1. The van der Waals surface area contributed by atoms with Crippen molar-refractivity contribution in [2.45, 2.75) is 82.8 Å². The van der Waals surface area contributed by atoms with Crippen LogP contribution in [-0.4, -0.2) is 26.2 Å². The third kappa shape index (κ3) is 5.63. The predicted molar refractivity (Wildman–Crippen MR) is 122 cm³/mol. The largest absolute Gasteiger partial charge is 0.337 e. The molecule has 0 saturated carbocycles. The van der Waals surface area contributed by atoms with E-state index in [4.69, 9.17) is 0 Å². The summed E-state index contributed by atoms with van der Waals surface area (Å²) in [5.74, 6) is -0.267. The lowest BCUT2D eigenvalue weighted by Gasteiger charge is -2.28. The van der Waals surface area contributed by atoms with Gasteiger partial charge in [0.15, 0.2) is 5.16 Å². The maximum Gasteiger partial charge on any atom is 0.262 e. The number of hydrogen-bond donors (Lipinski definition) is 1. The standard InChI is InChI=1S/C23H32N4O2S/c1-6-7-8-11-14-27-21(29)18-12-9-10-13-19(18)25-22(27)30-17(4)20(28)26-23(5,15-24)16(2)3/h9-10,12-13,16-17H,6-8,11,14H2,1-5H3,(H,26,28). The molecular formula is C23H32N4O2S. The number of fused-ring (bicyclic) bond motifs is 1. The molecule has 1 aromatic heterocycles. The molecule has 2 rings (SSSR count). The van der Waals surface area contributed by atoms with E-state index < -0.39 is 10.8 Å². The number of benzene rings is 1. The van der Waals surface area contributed by atoms with Gasteiger partial charge in [0.2, 0.25) is 5.91 Å². The van der Waals surface area contributed by atoms with Gasteiger partial charge in [-0.15, -0.1) is 0 Å². The fourth-order valence-corrected chi connectivity index (χ4v) is 3.94. The van der Waals surface area contributed by atoms with Gasteiger partial charge in [0.1, 0.15) is 5.54 Å². The number of para-hydroxylation sites is 1. The molecule has 0 radical (unpaired) electrons. The summed E-state index contributed by atoms with van der Waals surface area (Å²) in [4.78, 5) is 30.6. The zero-order valence-corrected chi connectivity index (χ0v) is 19.4. The lowest BCUT2D eigenvalue weighted by atomic mass is 9.90. The first-order chi connectivity index (χ1) is 14.2. The summed E-state index contributed by atoms with van der Waals surface area (Å²) >= 11 is 1.26. The minimum absolute atomic E-state index is 0.0285. The second-order valence-electron chi connectivity index (χ2n) is 8.15. The number of unbranched alkanes of at least 4 members (excludes halogenated alkanes) is 3. The Hall–Kier alpha value is -2.33. The SMILES string of the molecule is CCCCCCn1c(SC(C)C(=O)NC(C)(C#N)C(C)C)nc2ccccc2c1=O. The highest BCUT2D eigenvalue weighted by Gasteiger charge is 2.32. The molecule has 162 valence electrons. The predicted octanol–water partition coefficient (Wildman–Crippen LogP) is 4.51. The number of hydrogen-bond acceptors (Lipinski definition) is 5. The van der Waals surface area contributed by atoms with E-state index in [1.165, 1.54) is 11.8 Å². The van der Waals surface area contributed by atoms with Crippen LogP contribution in [0.2, 0.25) is 0 Å². The van der Waals surface area contributed by atoms with Crippen molar-refractivity contribution in [1.82, 2.24) is 14.9 Å². The Morgan fingerprint density at radius 1 is 1.27 bits per heavy atom. The van der Waals surface area contributed by atoms with Crippen molar-refractivity contribution in [1.29, 1.82) is 5.26 Å². The van der Waals surface area contributed by atoms with Crippen molar-refractivity contribution in [2.75, 3.05) is 0 Å². The molecule has 0 bridgehead atoms. The number of nitrogens with zero attached hydrogens (tertiary/aromatic N) is 3. The van der Waals surface area contributed by atoms with Gasteiger partial charge in [-0.1, -0.05) is 63.9 Å². The van der Waals surface area contributed by atoms with E-state index in [0.29, 0.717) is 22.6 Å². The summed E-state index contributed by atoms with van der Waals surface area (Å²) < 4.78 is 1.69. The molecule has 0 aliphatic rings. The average Bonchev–Trinajstić information content (AvgIpc) is 2.72. The Kier molecular flexibility index (Phi) is 8.48. The van der Waals surface area contributed by atoms with Crippen LogP contribution in [0.3, 0.4) is 0 Å². The van der Waals surface area contributed by atoms with Crippen molar-refractivity contribution in [3.63, 3.8) is 0 Å². The number of nitriles is 1. The Bertz CT molecular complexity index is 979. The molecule has 0 aliphatic carbocycles. The van der Waals surface area contributed by atoms with Gasteiger partial charge in [0, 0.05) is 6.54 Å². The van der Waals surface area contributed by atoms with Crippen molar-refractivity contribution < 1.29 is 4.79 Å². The molecule has 1 aromatic carbocycles. The van der Waals surface area contributed by atoms with E-state index in [9.17, 15) is 14.9 Å². The van der Waals surface area contributed by atoms with Gasteiger partial charge in [-0.05, 0) is 38.3 Å². The molecule has 0 saturated heterocycles. The second kappa shape index (κ2) is 10.6. The van der Waals surface area contributed by atoms with E-state index in [1.54, 1.807) is 24.5 Å². The Morgan fingerprint density at radius 2 is 1.97 bits per heavy atom. The number of rotatable bonds is 10. The first-order valence-corrected chi connectivity index (χ1v) is 11.5. The van der Waals surface area contributed by atoms with E-state index in [0.717, 1.165) is 25.7 Å². The van der Waals surface area contributed by atoms with Crippen molar-refractivity contribution in [2.24, 2.45) is 5.92 Å². The molecule has 0 fully saturated rings. The van der Waals surface area contributed by atoms with E-state index in [2.05, 4.69) is 23.3 Å². The van der Waals surface area contributed by atoms with Crippen LogP contribution in [-0.2, 0) is 11.3 Å². The molecule has 2 aromatic rings. The Balaban J connectivity index is 2.31. The molecule has 0 spiro atoms. The highest BCUT2D eigenvalue weighted by Crippen LogP contribution is 2.24. The van der Waals surface area contributed by atoms with Gasteiger partial charge in [-0.3, -0.25) is 14.2 Å². The number of nitrogens with one attached hydrogen (secondary N) is 1. The van der Waals surface area contributed by atoms with Gasteiger partial charge in [-0.25, -0.2) is 4.98 Å². The van der Waals surface area contributed by atoms with Gasteiger partial charge >= 0.3 is 0 Å². The Labute approximate surface area is 183 Å². The Morgan fingerprint density at radius 3 is 2.60 bits per heavy atom. The van der Waals surface area contributed by atoms with Gasteiger partial charge in [0.05, 0.1) is 22.2 Å². The minimum atomic E-state index is -0.942. The van der Waals surface area contributed by atoms with Crippen LogP contribution in [0.1, 0.15) is 60.3 Å². The fraction of sp³-hybridized carbons (Fsp3) is 0.565. The summed E-state index contributed by atoms with van der Waals surface area (Å²) in [7, 11) is 0. The van der Waals surface area contributed by atoms with Crippen molar-refractivity contribution in [3.8, 4) is 6.07 Å². The van der Waals surface area contributed by atoms with Crippen LogP contribution in [0.25, 0.3) is 10.9 Å². The van der Waals surface area contributed by atoms with Crippen LogP contribution >= 0.6 is 11.8 Å². The lowest BCUT2D eigenvalue weighted by molar-refractivity contribution is -0.121. The van der Waals surface area contributed by atoms with Crippen molar-refractivity contribution >= 4 is 28.6 Å². The number of aromatic nitrogens is 2. The number of carbonyl (C=O) groups excluding carboxylic acids is 1. The summed E-state index contributed by atoms with van der Waals surface area (Å²) in [5, 5.41) is 13.0. The lowest BCUT2D eigenvalue weighted by Crippen LogP contribution is -2.51. The van der Waals surface area contributed by atoms with Crippen molar-refractivity contribution in [3.05, 3.63) is 34.6 Å². The van der Waals surface area contributed by atoms with Crippen LogP contribution in [0.5, 0.6) is 0 Å². The molecule has 1 heterocycles. The van der Waals surface area contributed by atoms with E-state index in [-0.39, 0.29) is 17.4 Å². The summed E-state index contributed by atoms with van der Waals surface area (Å²) in [6.45, 7) is 10.0. The normalized spacial score (nSPS) is 14.3. The zero-order chi connectivity index (χ0) is 22.3. The molecule has 0 aliphatic heterocycles. The number of thioether (sulfide) groups is 1. The van der Waals surface area contributed by atoms with E-state index >= 15 is 0 Å². The first kappa shape index (κ1) is 23.9. The topological polar surface area (TPSA) is 87.8 Å². The highest BCUT2D eigenvalue weighted by molar-refractivity contribution is 8.00. The monoisotopic (exact) mass is 428 g/mol. The second-order valence-corrected chi connectivity index (χ2v) is 9.46. The average molecular weight is 429 g/mol. The zero-order valence-electron chi connectivity index (χ0n) is 18.6.